The van der Waals surface area contributed by atoms with Crippen LogP contribution in [0.15, 0.2) is 48.5 Å². The fourth-order valence-electron chi connectivity index (χ4n) is 4.86. The smallest absolute Gasteiger partial charge is 0.372 e. The lowest BCUT2D eigenvalue weighted by Gasteiger charge is -2.34. The summed E-state index contributed by atoms with van der Waals surface area (Å²) in [4.78, 5) is 28.2. The van der Waals surface area contributed by atoms with Gasteiger partial charge in [0.2, 0.25) is 11.8 Å². The van der Waals surface area contributed by atoms with Gasteiger partial charge >= 0.3 is 6.18 Å². The highest BCUT2D eigenvalue weighted by atomic mass is 19.4. The monoisotopic (exact) mass is 502 g/mol. The van der Waals surface area contributed by atoms with Crippen molar-refractivity contribution >= 4 is 28.9 Å². The van der Waals surface area contributed by atoms with E-state index in [-0.39, 0.29) is 37.0 Å². The predicted octanol–water partition coefficient (Wildman–Crippen LogP) is 5.08. The van der Waals surface area contributed by atoms with Crippen LogP contribution in [0.3, 0.4) is 0 Å². The molecule has 0 bridgehead atoms. The van der Waals surface area contributed by atoms with Gasteiger partial charge in [-0.3, -0.25) is 9.59 Å². The van der Waals surface area contributed by atoms with Crippen molar-refractivity contribution < 1.29 is 22.8 Å². The van der Waals surface area contributed by atoms with Gasteiger partial charge in [-0.1, -0.05) is 19.1 Å². The second-order valence-electron chi connectivity index (χ2n) is 9.63. The average molecular weight is 503 g/mol. The minimum Gasteiger partial charge on any atom is -0.372 e. The van der Waals surface area contributed by atoms with Crippen molar-refractivity contribution in [3.8, 4) is 0 Å². The van der Waals surface area contributed by atoms with E-state index in [0.717, 1.165) is 29.0 Å². The van der Waals surface area contributed by atoms with Crippen molar-refractivity contribution in [3.05, 3.63) is 54.1 Å². The molecule has 1 atom stereocenters. The van der Waals surface area contributed by atoms with Crippen LogP contribution in [0.5, 0.6) is 0 Å². The zero-order chi connectivity index (χ0) is 25.7. The van der Waals surface area contributed by atoms with Crippen molar-refractivity contribution in [2.75, 3.05) is 36.4 Å². The number of likely N-dealkylation sites (tertiary alicyclic amines) is 1. The highest BCUT2D eigenvalue weighted by Crippen LogP contribution is 2.35. The molecular weight excluding hydrogens is 469 g/mol. The zero-order valence-electron chi connectivity index (χ0n) is 20.5. The standard InChI is InChI=1S/C27H33F3N4O2/c1-2-13-34-18-20(16-25(34)35)26(36)31-17-19-3-5-22(6-4-19)32-23-7-9-24(10-8-23)33-14-11-21(12-15-33)27(28,29)30/h3-10,20-21,32H,2,11-18H2,1H3,(H,31,36). The van der Waals surface area contributed by atoms with Crippen LogP contribution in [-0.2, 0) is 16.1 Å². The molecule has 2 aromatic rings. The van der Waals surface area contributed by atoms with E-state index in [4.69, 9.17) is 0 Å². The molecule has 2 aromatic carbocycles. The summed E-state index contributed by atoms with van der Waals surface area (Å²) in [6.45, 7) is 4.41. The summed E-state index contributed by atoms with van der Waals surface area (Å²) >= 11 is 0. The number of carbonyl (C=O) groups excluding carboxylic acids is 2. The Bertz CT molecular complexity index is 1030. The number of halogens is 3. The Morgan fingerprint density at radius 2 is 1.61 bits per heavy atom. The van der Waals surface area contributed by atoms with Gasteiger partial charge < -0.3 is 20.4 Å². The van der Waals surface area contributed by atoms with Crippen LogP contribution < -0.4 is 15.5 Å². The van der Waals surface area contributed by atoms with Crippen LogP contribution in [0.2, 0.25) is 0 Å². The number of benzene rings is 2. The van der Waals surface area contributed by atoms with Crippen molar-refractivity contribution in [2.24, 2.45) is 11.8 Å². The van der Waals surface area contributed by atoms with E-state index in [1.165, 1.54) is 0 Å². The topological polar surface area (TPSA) is 64.7 Å². The van der Waals surface area contributed by atoms with Gasteiger partial charge in [-0.05, 0) is 61.2 Å². The van der Waals surface area contributed by atoms with Crippen LogP contribution in [0.4, 0.5) is 30.2 Å². The van der Waals surface area contributed by atoms with Gasteiger partial charge in [0.1, 0.15) is 0 Å². The first-order chi connectivity index (χ1) is 17.2. The SMILES string of the molecule is CCCN1CC(C(=O)NCc2ccc(Nc3ccc(N4CCC(C(F)(F)F)CC4)cc3)cc2)CC1=O. The molecule has 6 nitrogen and oxygen atoms in total. The van der Waals surface area contributed by atoms with Crippen LogP contribution >= 0.6 is 0 Å². The van der Waals surface area contributed by atoms with Crippen LogP contribution in [0, 0.1) is 11.8 Å². The summed E-state index contributed by atoms with van der Waals surface area (Å²) in [5.41, 5.74) is 3.66. The molecule has 0 aromatic heterocycles. The van der Waals surface area contributed by atoms with Crippen molar-refractivity contribution in [2.45, 2.75) is 45.3 Å². The number of piperidine rings is 1. The first-order valence-corrected chi connectivity index (χ1v) is 12.6. The summed E-state index contributed by atoms with van der Waals surface area (Å²) in [5, 5.41) is 6.26. The number of alkyl halides is 3. The van der Waals surface area contributed by atoms with Crippen LogP contribution in [0.1, 0.15) is 38.2 Å². The molecule has 1 unspecified atom stereocenters. The van der Waals surface area contributed by atoms with E-state index in [1.807, 2.05) is 60.4 Å². The Balaban J connectivity index is 1.23. The lowest BCUT2D eigenvalue weighted by Crippen LogP contribution is -2.38. The number of carbonyl (C=O) groups is 2. The molecule has 36 heavy (non-hydrogen) atoms. The minimum absolute atomic E-state index is 0.0477. The largest absolute Gasteiger partial charge is 0.391 e. The molecule has 2 amide bonds. The average Bonchev–Trinajstić information content (AvgIpc) is 3.24. The zero-order valence-corrected chi connectivity index (χ0v) is 20.5. The fourth-order valence-corrected chi connectivity index (χ4v) is 4.86. The third-order valence-electron chi connectivity index (χ3n) is 6.98. The van der Waals surface area contributed by atoms with Gasteiger partial charge in [-0.25, -0.2) is 0 Å². The Morgan fingerprint density at radius 3 is 2.19 bits per heavy atom. The predicted molar refractivity (Wildman–Crippen MR) is 134 cm³/mol. The van der Waals surface area contributed by atoms with E-state index in [1.54, 1.807) is 4.90 Å². The number of rotatable bonds is 8. The molecule has 2 aliphatic rings. The van der Waals surface area contributed by atoms with Crippen molar-refractivity contribution in [3.63, 3.8) is 0 Å². The van der Waals surface area contributed by atoms with Crippen molar-refractivity contribution in [1.82, 2.24) is 10.2 Å². The minimum atomic E-state index is -4.10. The lowest BCUT2D eigenvalue weighted by molar-refractivity contribution is -0.179. The Morgan fingerprint density at radius 1 is 1.00 bits per heavy atom. The van der Waals surface area contributed by atoms with Gasteiger partial charge in [-0.2, -0.15) is 13.2 Å². The third kappa shape index (κ3) is 6.50. The maximum Gasteiger partial charge on any atom is 0.391 e. The Labute approximate surface area is 209 Å². The molecule has 2 saturated heterocycles. The summed E-state index contributed by atoms with van der Waals surface area (Å²) in [6, 6.07) is 15.4. The number of nitrogens with one attached hydrogen (secondary N) is 2. The van der Waals surface area contributed by atoms with Gasteiger partial charge in [0.25, 0.3) is 0 Å². The molecule has 2 aliphatic heterocycles. The Kier molecular flexibility index (Phi) is 8.06. The molecule has 0 spiro atoms. The fraction of sp³-hybridized carbons (Fsp3) is 0.481. The molecule has 0 aliphatic carbocycles. The second-order valence-corrected chi connectivity index (χ2v) is 9.63. The van der Waals surface area contributed by atoms with Crippen LogP contribution in [0.25, 0.3) is 0 Å². The molecule has 2 N–H and O–H groups in total. The van der Waals surface area contributed by atoms with E-state index in [9.17, 15) is 22.8 Å². The molecular formula is C27H33F3N4O2. The molecule has 9 heteroatoms. The van der Waals surface area contributed by atoms with E-state index in [0.29, 0.717) is 32.7 Å². The first-order valence-electron chi connectivity index (χ1n) is 12.6. The van der Waals surface area contributed by atoms with Gasteiger partial charge in [0.05, 0.1) is 11.8 Å². The highest BCUT2D eigenvalue weighted by Gasteiger charge is 2.41. The molecule has 0 saturated carbocycles. The molecule has 2 fully saturated rings. The summed E-state index contributed by atoms with van der Waals surface area (Å²) < 4.78 is 38.7. The van der Waals surface area contributed by atoms with E-state index < -0.39 is 12.1 Å². The van der Waals surface area contributed by atoms with Gasteiger partial charge in [0.15, 0.2) is 0 Å². The number of hydrogen-bond donors (Lipinski definition) is 2. The van der Waals surface area contributed by atoms with Gasteiger partial charge in [-0.15, -0.1) is 0 Å². The summed E-state index contributed by atoms with van der Waals surface area (Å²) in [6.07, 6.45) is -2.68. The number of nitrogens with zero attached hydrogens (tertiary/aromatic N) is 2. The number of anilines is 3. The molecule has 194 valence electrons. The van der Waals surface area contributed by atoms with E-state index >= 15 is 0 Å². The second kappa shape index (κ2) is 11.2. The first kappa shape index (κ1) is 25.9. The lowest BCUT2D eigenvalue weighted by atomic mass is 9.96. The Hall–Kier alpha value is -3.23. The molecule has 0 radical (unpaired) electrons. The summed E-state index contributed by atoms with van der Waals surface area (Å²) in [7, 11) is 0. The molecule has 2 heterocycles. The number of amides is 2. The van der Waals surface area contributed by atoms with Crippen LogP contribution in [-0.4, -0.2) is 49.1 Å². The molecule has 4 rings (SSSR count). The summed E-state index contributed by atoms with van der Waals surface area (Å²) in [5.74, 6) is -1.53. The maximum atomic E-state index is 12.9. The maximum absolute atomic E-state index is 12.9. The normalized spacial score (nSPS) is 19.0. The quantitative estimate of drug-likeness (QED) is 0.528. The number of hydrogen-bond acceptors (Lipinski definition) is 4. The van der Waals surface area contributed by atoms with E-state index in [2.05, 4.69) is 10.6 Å². The highest BCUT2D eigenvalue weighted by molar-refractivity contribution is 5.89. The van der Waals surface area contributed by atoms with Gasteiger partial charge in [0, 0.05) is 56.2 Å². The third-order valence-corrected chi connectivity index (χ3v) is 6.98. The van der Waals surface area contributed by atoms with Crippen molar-refractivity contribution in [1.29, 1.82) is 0 Å².